The average molecular weight is 431 g/mol. The van der Waals surface area contributed by atoms with Crippen molar-refractivity contribution in [1.29, 1.82) is 0 Å². The summed E-state index contributed by atoms with van der Waals surface area (Å²) in [4.78, 5) is 4.65. The molecule has 0 aromatic heterocycles. The summed E-state index contributed by atoms with van der Waals surface area (Å²) in [5.74, 6) is 1.18. The Morgan fingerprint density at radius 2 is 1.78 bits per heavy atom. The van der Waals surface area contributed by atoms with Crippen LogP contribution in [-0.2, 0) is 6.54 Å². The van der Waals surface area contributed by atoms with Crippen molar-refractivity contribution in [2.75, 3.05) is 13.1 Å². The van der Waals surface area contributed by atoms with Crippen LogP contribution in [0, 0.1) is 5.41 Å². The van der Waals surface area contributed by atoms with Gasteiger partial charge in [-0.3, -0.25) is 0 Å². The monoisotopic (exact) mass is 431 g/mol. The lowest BCUT2D eigenvalue weighted by atomic mass is 9.83. The fourth-order valence-corrected chi connectivity index (χ4v) is 3.17. The molecule has 2 rings (SSSR count). The highest BCUT2D eigenvalue weighted by Gasteiger charge is 2.31. The molecular weight excluding hydrogens is 401 g/mol. The second-order valence-electron chi connectivity index (χ2n) is 6.28. The zero-order valence-electron chi connectivity index (χ0n) is 14.3. The molecule has 0 bridgehead atoms. The first-order chi connectivity index (χ1) is 10.7. The van der Waals surface area contributed by atoms with Gasteiger partial charge < -0.3 is 15.7 Å². The van der Waals surface area contributed by atoms with Gasteiger partial charge in [-0.05, 0) is 49.3 Å². The maximum Gasteiger partial charge on any atom is 0.191 e. The quantitative estimate of drug-likeness (QED) is 0.362. The molecule has 0 saturated heterocycles. The summed E-state index contributed by atoms with van der Waals surface area (Å²) < 4.78 is 0. The maximum atomic E-state index is 9.32. The number of aromatic hydroxyl groups is 1. The van der Waals surface area contributed by atoms with Crippen LogP contribution in [0.5, 0.6) is 5.75 Å². The van der Waals surface area contributed by atoms with Crippen molar-refractivity contribution >= 4 is 29.9 Å². The molecule has 3 N–H and O–H groups in total. The van der Waals surface area contributed by atoms with Gasteiger partial charge in [-0.25, -0.2) is 4.99 Å². The molecule has 1 aromatic carbocycles. The van der Waals surface area contributed by atoms with Crippen LogP contribution in [0.4, 0.5) is 0 Å². The first-order valence-electron chi connectivity index (χ1n) is 8.47. The molecule has 5 heteroatoms. The summed E-state index contributed by atoms with van der Waals surface area (Å²) in [6, 6.07) is 7.23. The van der Waals surface area contributed by atoms with E-state index >= 15 is 0 Å². The lowest BCUT2D eigenvalue weighted by Gasteiger charge is -2.28. The summed E-state index contributed by atoms with van der Waals surface area (Å²) in [6.07, 6.45) is 6.60. The molecule has 0 atom stereocenters. The van der Waals surface area contributed by atoms with E-state index in [0.29, 0.717) is 17.7 Å². The maximum absolute atomic E-state index is 9.32. The highest BCUT2D eigenvalue weighted by molar-refractivity contribution is 14.0. The molecule has 0 aliphatic heterocycles. The number of phenols is 1. The SMILES string of the molecule is CCNC(=NCc1ccc(O)cc1)NCC1(CC)CCCC1.I. The van der Waals surface area contributed by atoms with Crippen LogP contribution < -0.4 is 10.6 Å². The lowest BCUT2D eigenvalue weighted by Crippen LogP contribution is -2.42. The topological polar surface area (TPSA) is 56.7 Å². The van der Waals surface area contributed by atoms with E-state index in [-0.39, 0.29) is 24.0 Å². The summed E-state index contributed by atoms with van der Waals surface area (Å²) in [7, 11) is 0. The van der Waals surface area contributed by atoms with E-state index in [0.717, 1.165) is 24.6 Å². The van der Waals surface area contributed by atoms with Crippen molar-refractivity contribution in [3.63, 3.8) is 0 Å². The van der Waals surface area contributed by atoms with Crippen LogP contribution in [0.25, 0.3) is 0 Å². The Kier molecular flexibility index (Phi) is 8.73. The van der Waals surface area contributed by atoms with E-state index < -0.39 is 0 Å². The first kappa shape index (κ1) is 20.1. The molecule has 0 spiro atoms. The number of aliphatic imine (C=N–C) groups is 1. The standard InChI is InChI=1S/C18H29N3O.HI/c1-3-18(11-5-6-12-18)14-21-17(19-4-2)20-13-15-7-9-16(22)10-8-15;/h7-10,22H,3-6,11-14H2,1-2H3,(H2,19,20,21);1H. The third-order valence-corrected chi connectivity index (χ3v) is 4.75. The minimum atomic E-state index is 0. The Balaban J connectivity index is 0.00000264. The minimum absolute atomic E-state index is 0. The van der Waals surface area contributed by atoms with Gasteiger partial charge in [0, 0.05) is 13.1 Å². The van der Waals surface area contributed by atoms with E-state index in [4.69, 9.17) is 0 Å². The van der Waals surface area contributed by atoms with Crippen molar-refractivity contribution in [3.8, 4) is 5.75 Å². The van der Waals surface area contributed by atoms with E-state index in [2.05, 4.69) is 29.5 Å². The van der Waals surface area contributed by atoms with Crippen molar-refractivity contribution < 1.29 is 5.11 Å². The number of hydrogen-bond donors (Lipinski definition) is 3. The lowest BCUT2D eigenvalue weighted by molar-refractivity contribution is 0.283. The van der Waals surface area contributed by atoms with Gasteiger partial charge in [0.15, 0.2) is 5.96 Å². The summed E-state index contributed by atoms with van der Waals surface area (Å²) in [6.45, 7) is 6.87. The fourth-order valence-electron chi connectivity index (χ4n) is 3.17. The van der Waals surface area contributed by atoms with E-state index in [1.54, 1.807) is 12.1 Å². The van der Waals surface area contributed by atoms with Gasteiger partial charge in [0.25, 0.3) is 0 Å². The molecule has 0 radical (unpaired) electrons. The predicted octanol–water partition coefficient (Wildman–Crippen LogP) is 4.04. The molecule has 1 fully saturated rings. The zero-order chi connectivity index (χ0) is 15.8. The average Bonchev–Trinajstić information content (AvgIpc) is 3.01. The number of halogens is 1. The van der Waals surface area contributed by atoms with Gasteiger partial charge in [-0.1, -0.05) is 31.9 Å². The van der Waals surface area contributed by atoms with Gasteiger partial charge in [0.05, 0.1) is 6.54 Å². The molecule has 130 valence electrons. The fraction of sp³-hybridized carbons (Fsp3) is 0.611. The summed E-state index contributed by atoms with van der Waals surface area (Å²) in [5, 5.41) is 16.2. The molecule has 0 amide bonds. The second-order valence-corrected chi connectivity index (χ2v) is 6.28. The van der Waals surface area contributed by atoms with Gasteiger partial charge in [-0.2, -0.15) is 0 Å². The number of benzene rings is 1. The molecule has 4 nitrogen and oxygen atoms in total. The largest absolute Gasteiger partial charge is 0.508 e. The number of rotatable bonds is 6. The number of nitrogens with one attached hydrogen (secondary N) is 2. The molecule has 1 aliphatic carbocycles. The molecule has 23 heavy (non-hydrogen) atoms. The molecular formula is C18H30IN3O. The minimum Gasteiger partial charge on any atom is -0.508 e. The normalized spacial score (nSPS) is 16.7. The van der Waals surface area contributed by atoms with Crippen LogP contribution in [-0.4, -0.2) is 24.2 Å². The Hall–Kier alpha value is -0.980. The number of hydrogen-bond acceptors (Lipinski definition) is 2. The highest BCUT2D eigenvalue weighted by Crippen LogP contribution is 2.40. The van der Waals surface area contributed by atoms with Gasteiger partial charge >= 0.3 is 0 Å². The molecule has 0 unspecified atom stereocenters. The van der Waals surface area contributed by atoms with Crippen molar-refractivity contribution in [1.82, 2.24) is 10.6 Å². The van der Waals surface area contributed by atoms with Gasteiger partial charge in [0.1, 0.15) is 5.75 Å². The van der Waals surface area contributed by atoms with E-state index in [1.165, 1.54) is 32.1 Å². The number of phenolic OH excluding ortho intramolecular Hbond substituents is 1. The Labute approximate surface area is 157 Å². The van der Waals surface area contributed by atoms with Crippen LogP contribution in [0.15, 0.2) is 29.3 Å². The highest BCUT2D eigenvalue weighted by atomic mass is 127. The van der Waals surface area contributed by atoms with E-state index in [1.807, 2.05) is 12.1 Å². The van der Waals surface area contributed by atoms with Gasteiger partial charge in [-0.15, -0.1) is 24.0 Å². The zero-order valence-corrected chi connectivity index (χ0v) is 16.6. The van der Waals surface area contributed by atoms with Gasteiger partial charge in [0.2, 0.25) is 0 Å². The first-order valence-corrected chi connectivity index (χ1v) is 8.47. The smallest absolute Gasteiger partial charge is 0.191 e. The summed E-state index contributed by atoms with van der Waals surface area (Å²) >= 11 is 0. The van der Waals surface area contributed by atoms with Crippen LogP contribution in [0.2, 0.25) is 0 Å². The van der Waals surface area contributed by atoms with Crippen molar-refractivity contribution in [2.24, 2.45) is 10.4 Å². The Bertz CT molecular complexity index is 482. The van der Waals surface area contributed by atoms with Crippen LogP contribution in [0.3, 0.4) is 0 Å². The third-order valence-electron chi connectivity index (χ3n) is 4.75. The molecule has 0 heterocycles. The molecule has 1 saturated carbocycles. The molecule has 1 aliphatic rings. The molecule has 1 aromatic rings. The van der Waals surface area contributed by atoms with Crippen molar-refractivity contribution in [2.45, 2.75) is 52.5 Å². The third kappa shape index (κ3) is 6.20. The number of guanidine groups is 1. The van der Waals surface area contributed by atoms with Crippen LogP contribution >= 0.6 is 24.0 Å². The van der Waals surface area contributed by atoms with E-state index in [9.17, 15) is 5.11 Å². The predicted molar refractivity (Wildman–Crippen MR) is 108 cm³/mol. The Morgan fingerprint density at radius 1 is 1.13 bits per heavy atom. The second kappa shape index (κ2) is 10.0. The summed E-state index contributed by atoms with van der Waals surface area (Å²) in [5.41, 5.74) is 1.55. The Morgan fingerprint density at radius 3 is 2.35 bits per heavy atom. The van der Waals surface area contributed by atoms with Crippen LogP contribution in [0.1, 0.15) is 51.5 Å². The number of nitrogens with zero attached hydrogens (tertiary/aromatic N) is 1. The van der Waals surface area contributed by atoms with Crippen molar-refractivity contribution in [3.05, 3.63) is 29.8 Å².